The van der Waals surface area contributed by atoms with E-state index in [1.165, 1.54) is 5.56 Å². The third-order valence-corrected chi connectivity index (χ3v) is 5.50. The van der Waals surface area contributed by atoms with Crippen LogP contribution < -0.4 is 0 Å². The Morgan fingerprint density at radius 1 is 1.08 bits per heavy atom. The molecule has 0 heterocycles. The molecule has 1 aromatic carbocycles. The van der Waals surface area contributed by atoms with Crippen LogP contribution in [0.3, 0.4) is 0 Å². The van der Waals surface area contributed by atoms with Gasteiger partial charge < -0.3 is 5.11 Å². The number of hydrogen-bond acceptors (Lipinski definition) is 4. The van der Waals surface area contributed by atoms with Crippen molar-refractivity contribution in [1.29, 1.82) is 0 Å². The number of rotatable bonds is 6. The zero-order valence-corrected chi connectivity index (χ0v) is 9.63. The third kappa shape index (κ3) is 5.52. The fraction of sp³-hybridized carbons (Fsp3) is 0.333. The van der Waals surface area contributed by atoms with Gasteiger partial charge in [0.05, 0.1) is 6.61 Å². The Bertz CT molecular complexity index is 215. The highest BCUT2D eigenvalue weighted by Gasteiger charge is 1.93. The number of benzene rings is 1. The Morgan fingerprint density at radius 3 is 2.54 bits per heavy atom. The van der Waals surface area contributed by atoms with Crippen molar-refractivity contribution in [3.05, 3.63) is 35.9 Å². The molecule has 0 aromatic heterocycles. The van der Waals surface area contributed by atoms with Crippen LogP contribution in [-0.2, 0) is 5.75 Å². The smallest absolute Gasteiger partial charge is 0.0530 e. The molecular weight excluding hydrogens is 220 g/mol. The summed E-state index contributed by atoms with van der Waals surface area (Å²) >= 11 is 0. The summed E-state index contributed by atoms with van der Waals surface area (Å²) < 4.78 is 0. The van der Waals surface area contributed by atoms with Gasteiger partial charge in [0.1, 0.15) is 0 Å². The van der Waals surface area contributed by atoms with Crippen molar-refractivity contribution in [3.63, 3.8) is 0 Å². The van der Waals surface area contributed by atoms with E-state index in [2.05, 4.69) is 24.3 Å². The topological polar surface area (TPSA) is 20.2 Å². The number of aliphatic hydroxyl groups is 1. The lowest BCUT2D eigenvalue weighted by molar-refractivity contribution is 0.323. The molecule has 0 saturated carbocycles. The fourth-order valence-corrected chi connectivity index (χ4v) is 4.20. The van der Waals surface area contributed by atoms with Crippen LogP contribution in [0.5, 0.6) is 0 Å². The van der Waals surface area contributed by atoms with Crippen molar-refractivity contribution in [2.45, 2.75) is 5.75 Å². The quantitative estimate of drug-likeness (QED) is 0.600. The minimum absolute atomic E-state index is 0.267. The maximum absolute atomic E-state index is 8.54. The second-order valence-electron chi connectivity index (χ2n) is 2.36. The molecule has 0 aliphatic heterocycles. The van der Waals surface area contributed by atoms with E-state index in [0.717, 1.165) is 11.5 Å². The van der Waals surface area contributed by atoms with Crippen molar-refractivity contribution in [3.8, 4) is 0 Å². The van der Waals surface area contributed by atoms with Gasteiger partial charge in [-0.2, -0.15) is 0 Å². The summed E-state index contributed by atoms with van der Waals surface area (Å²) in [5.74, 6) is 1.84. The van der Waals surface area contributed by atoms with Gasteiger partial charge >= 0.3 is 0 Å². The predicted octanol–water partition coefficient (Wildman–Crippen LogP) is 3.21. The van der Waals surface area contributed by atoms with E-state index in [0.29, 0.717) is 0 Å². The summed E-state index contributed by atoms with van der Waals surface area (Å²) in [4.78, 5) is 0. The van der Waals surface area contributed by atoms with Crippen LogP contribution in [0, 0.1) is 0 Å². The highest BCUT2D eigenvalue weighted by atomic mass is 33.5. The average Bonchev–Trinajstić information content (AvgIpc) is 2.19. The van der Waals surface area contributed by atoms with Crippen molar-refractivity contribution >= 4 is 31.4 Å². The van der Waals surface area contributed by atoms with Gasteiger partial charge in [0.25, 0.3) is 0 Å². The first kappa shape index (κ1) is 11.3. The fourth-order valence-electron chi connectivity index (χ4n) is 0.772. The summed E-state index contributed by atoms with van der Waals surface area (Å²) in [7, 11) is 5.26. The van der Waals surface area contributed by atoms with E-state index >= 15 is 0 Å². The van der Waals surface area contributed by atoms with E-state index < -0.39 is 0 Å². The summed E-state index contributed by atoms with van der Waals surface area (Å²) in [6.45, 7) is 0.267. The van der Waals surface area contributed by atoms with Crippen molar-refractivity contribution in [2.75, 3.05) is 12.4 Å². The molecule has 1 aromatic rings. The minimum atomic E-state index is 0.267. The van der Waals surface area contributed by atoms with Crippen LogP contribution in [0.15, 0.2) is 30.3 Å². The van der Waals surface area contributed by atoms with Gasteiger partial charge in [-0.1, -0.05) is 51.9 Å². The number of hydrogen-bond donors (Lipinski definition) is 1. The lowest BCUT2D eigenvalue weighted by Crippen LogP contribution is -1.81. The second-order valence-corrected chi connectivity index (χ2v) is 6.71. The Labute approximate surface area is 90.5 Å². The molecule has 0 saturated heterocycles. The molecule has 0 aliphatic rings. The lowest BCUT2D eigenvalue weighted by Gasteiger charge is -1.99. The molecule has 1 nitrogen and oxygen atoms in total. The summed E-state index contributed by atoms with van der Waals surface area (Å²) in [5.41, 5.74) is 1.35. The molecule has 0 radical (unpaired) electrons. The molecule has 0 atom stereocenters. The van der Waals surface area contributed by atoms with Gasteiger partial charge in [-0.15, -0.1) is 0 Å². The van der Waals surface area contributed by atoms with E-state index in [4.69, 9.17) is 5.11 Å². The van der Waals surface area contributed by atoms with Crippen LogP contribution in [0.4, 0.5) is 0 Å². The zero-order valence-electron chi connectivity index (χ0n) is 7.18. The zero-order chi connectivity index (χ0) is 9.36. The predicted molar refractivity (Wildman–Crippen MR) is 64.9 cm³/mol. The Balaban J connectivity index is 2.07. The van der Waals surface area contributed by atoms with E-state index in [-0.39, 0.29) is 6.61 Å². The van der Waals surface area contributed by atoms with Crippen LogP contribution >= 0.6 is 31.4 Å². The maximum Gasteiger partial charge on any atom is 0.0530 e. The van der Waals surface area contributed by atoms with Crippen molar-refractivity contribution in [2.24, 2.45) is 0 Å². The third-order valence-electron chi connectivity index (χ3n) is 1.34. The first-order valence-electron chi connectivity index (χ1n) is 3.99. The monoisotopic (exact) mass is 232 g/mol. The van der Waals surface area contributed by atoms with Gasteiger partial charge in [0.2, 0.25) is 0 Å². The molecule has 13 heavy (non-hydrogen) atoms. The molecule has 0 bridgehead atoms. The molecule has 0 unspecified atom stereocenters. The lowest BCUT2D eigenvalue weighted by atomic mass is 10.2. The molecule has 0 aliphatic carbocycles. The molecule has 1 N–H and O–H groups in total. The highest BCUT2D eigenvalue weighted by Crippen LogP contribution is 2.36. The first-order valence-corrected chi connectivity index (χ1v) is 7.81. The van der Waals surface area contributed by atoms with Gasteiger partial charge in [-0.3, -0.25) is 0 Å². The maximum atomic E-state index is 8.54. The molecule has 4 heteroatoms. The van der Waals surface area contributed by atoms with Gasteiger partial charge in [0.15, 0.2) is 0 Å². The molecular formula is C9H12OS3. The molecule has 0 fully saturated rings. The van der Waals surface area contributed by atoms with Crippen LogP contribution in [-0.4, -0.2) is 17.5 Å². The van der Waals surface area contributed by atoms with E-state index in [1.807, 2.05) is 16.9 Å². The van der Waals surface area contributed by atoms with Gasteiger partial charge in [-0.05, 0) is 15.4 Å². The standard InChI is InChI=1S/C9H12OS3/c10-6-7-11-13-12-8-9-4-2-1-3-5-9/h1-5,10H,6-8H2. The summed E-state index contributed by atoms with van der Waals surface area (Å²) in [6.07, 6.45) is 0. The Hall–Kier alpha value is 0.230. The van der Waals surface area contributed by atoms with Gasteiger partial charge in [-0.25, -0.2) is 0 Å². The van der Waals surface area contributed by atoms with Gasteiger partial charge in [0, 0.05) is 11.5 Å². The highest BCUT2D eigenvalue weighted by molar-refractivity contribution is 9.09. The largest absolute Gasteiger partial charge is 0.395 e. The SMILES string of the molecule is OCCSSSCc1ccccc1. The molecule has 0 amide bonds. The van der Waals surface area contributed by atoms with E-state index in [1.54, 1.807) is 20.6 Å². The van der Waals surface area contributed by atoms with Crippen molar-refractivity contribution < 1.29 is 5.11 Å². The Morgan fingerprint density at radius 2 is 1.85 bits per heavy atom. The summed E-state index contributed by atoms with van der Waals surface area (Å²) in [5, 5.41) is 8.54. The minimum Gasteiger partial charge on any atom is -0.395 e. The molecule has 0 spiro atoms. The van der Waals surface area contributed by atoms with Crippen LogP contribution in [0.2, 0.25) is 0 Å². The first-order chi connectivity index (χ1) is 6.43. The van der Waals surface area contributed by atoms with Crippen LogP contribution in [0.25, 0.3) is 0 Å². The molecule has 1 rings (SSSR count). The normalized spacial score (nSPS) is 10.2. The number of aliphatic hydroxyl groups excluding tert-OH is 1. The summed E-state index contributed by atoms with van der Waals surface area (Å²) in [6, 6.07) is 10.4. The van der Waals surface area contributed by atoms with E-state index in [9.17, 15) is 0 Å². The Kier molecular flexibility index (Phi) is 6.62. The molecule has 72 valence electrons. The second kappa shape index (κ2) is 7.62. The van der Waals surface area contributed by atoms with Crippen LogP contribution in [0.1, 0.15) is 5.56 Å². The van der Waals surface area contributed by atoms with Crippen molar-refractivity contribution in [1.82, 2.24) is 0 Å². The average molecular weight is 232 g/mol.